The highest BCUT2D eigenvalue weighted by Gasteiger charge is 2.24. The second-order valence-corrected chi connectivity index (χ2v) is 5.29. The Hall–Kier alpha value is -0.480. The Bertz CT molecular complexity index is 206. The Morgan fingerprint density at radius 2 is 1.87 bits per heavy atom. The van der Waals surface area contributed by atoms with Gasteiger partial charge < -0.3 is 5.32 Å². The van der Waals surface area contributed by atoms with Crippen LogP contribution in [0.4, 0.5) is 0 Å². The molecular weight excluding hydrogens is 182 g/mol. The molecule has 0 aromatic carbocycles. The van der Waals surface area contributed by atoms with E-state index in [0.717, 1.165) is 18.3 Å². The molecule has 0 amide bonds. The van der Waals surface area contributed by atoms with Crippen molar-refractivity contribution in [1.29, 1.82) is 0 Å². The monoisotopic (exact) mass is 207 g/mol. The van der Waals surface area contributed by atoms with Crippen molar-refractivity contribution >= 4 is 0 Å². The van der Waals surface area contributed by atoms with E-state index in [1.165, 1.54) is 25.7 Å². The third-order valence-corrected chi connectivity index (χ3v) is 3.39. The molecule has 0 aliphatic heterocycles. The van der Waals surface area contributed by atoms with E-state index in [2.05, 4.69) is 32.0 Å². The van der Waals surface area contributed by atoms with Crippen molar-refractivity contribution in [1.82, 2.24) is 5.32 Å². The molecule has 0 bridgehead atoms. The van der Waals surface area contributed by atoms with Crippen LogP contribution in [0.2, 0.25) is 0 Å². The van der Waals surface area contributed by atoms with Crippen LogP contribution in [-0.4, -0.2) is 12.1 Å². The number of terminal acetylenes is 1. The van der Waals surface area contributed by atoms with Crippen LogP contribution in [0.25, 0.3) is 0 Å². The molecule has 3 unspecified atom stereocenters. The van der Waals surface area contributed by atoms with Gasteiger partial charge in [0.25, 0.3) is 0 Å². The van der Waals surface area contributed by atoms with Crippen LogP contribution in [0.1, 0.15) is 52.9 Å². The van der Waals surface area contributed by atoms with Gasteiger partial charge in [0.15, 0.2) is 0 Å². The minimum absolute atomic E-state index is 0.289. The van der Waals surface area contributed by atoms with Gasteiger partial charge in [0.2, 0.25) is 0 Å². The Morgan fingerprint density at radius 1 is 1.27 bits per heavy atom. The number of hydrogen-bond acceptors (Lipinski definition) is 1. The van der Waals surface area contributed by atoms with Crippen molar-refractivity contribution < 1.29 is 0 Å². The van der Waals surface area contributed by atoms with Gasteiger partial charge in [-0.05, 0) is 37.5 Å². The average molecular weight is 207 g/mol. The Labute approximate surface area is 95.0 Å². The predicted octanol–water partition coefficient (Wildman–Crippen LogP) is 3.20. The topological polar surface area (TPSA) is 12.0 Å². The molecule has 1 saturated carbocycles. The van der Waals surface area contributed by atoms with Crippen molar-refractivity contribution in [3.63, 3.8) is 0 Å². The maximum Gasteiger partial charge on any atom is 0.0688 e. The molecule has 1 aliphatic rings. The molecule has 0 saturated heterocycles. The first-order valence-electron chi connectivity index (χ1n) is 6.37. The summed E-state index contributed by atoms with van der Waals surface area (Å²) in [4.78, 5) is 0. The summed E-state index contributed by atoms with van der Waals surface area (Å²) in [5, 5.41) is 3.63. The summed E-state index contributed by atoms with van der Waals surface area (Å²) in [6.07, 6.45) is 11.8. The summed E-state index contributed by atoms with van der Waals surface area (Å²) in [5.74, 6) is 4.57. The maximum absolute atomic E-state index is 5.53. The molecule has 0 aromatic rings. The average Bonchev–Trinajstić information content (AvgIpc) is 2.15. The minimum Gasteiger partial charge on any atom is -0.301 e. The quantitative estimate of drug-likeness (QED) is 0.698. The van der Waals surface area contributed by atoms with E-state index in [1.54, 1.807) is 0 Å². The fourth-order valence-corrected chi connectivity index (χ4v) is 2.87. The van der Waals surface area contributed by atoms with Crippen molar-refractivity contribution in [2.45, 2.75) is 65.0 Å². The second-order valence-electron chi connectivity index (χ2n) is 5.29. The van der Waals surface area contributed by atoms with E-state index in [4.69, 9.17) is 6.42 Å². The Kier molecular flexibility index (Phi) is 5.19. The van der Waals surface area contributed by atoms with Gasteiger partial charge in [0.05, 0.1) is 6.04 Å². The standard InChI is InChI=1S/C14H25N/c1-5-7-13(6-2)15-14-9-11(3)8-12(4)10-14/h2,11-15H,5,7-10H2,1,3-4H3. The third kappa shape index (κ3) is 4.26. The summed E-state index contributed by atoms with van der Waals surface area (Å²) in [5.41, 5.74) is 0. The fourth-order valence-electron chi connectivity index (χ4n) is 2.87. The highest BCUT2D eigenvalue weighted by molar-refractivity contribution is 5.00. The summed E-state index contributed by atoms with van der Waals surface area (Å²) < 4.78 is 0. The second kappa shape index (κ2) is 6.18. The molecule has 1 rings (SSSR count). The SMILES string of the molecule is C#CC(CCC)NC1CC(C)CC(C)C1. The lowest BCUT2D eigenvalue weighted by Crippen LogP contribution is -2.41. The van der Waals surface area contributed by atoms with Crippen LogP contribution in [-0.2, 0) is 0 Å². The van der Waals surface area contributed by atoms with Gasteiger partial charge in [-0.2, -0.15) is 0 Å². The highest BCUT2D eigenvalue weighted by atomic mass is 14.9. The van der Waals surface area contributed by atoms with Crippen molar-refractivity contribution in [2.24, 2.45) is 11.8 Å². The molecule has 1 nitrogen and oxygen atoms in total. The third-order valence-electron chi connectivity index (χ3n) is 3.39. The lowest BCUT2D eigenvalue weighted by Gasteiger charge is -2.33. The van der Waals surface area contributed by atoms with Crippen molar-refractivity contribution in [3.8, 4) is 12.3 Å². The molecule has 0 radical (unpaired) electrons. The Balaban J connectivity index is 2.39. The molecule has 1 N–H and O–H groups in total. The molecule has 0 aromatic heterocycles. The van der Waals surface area contributed by atoms with Gasteiger partial charge in [0, 0.05) is 6.04 Å². The van der Waals surface area contributed by atoms with Gasteiger partial charge in [-0.25, -0.2) is 0 Å². The van der Waals surface area contributed by atoms with Crippen LogP contribution in [0.15, 0.2) is 0 Å². The molecule has 1 aliphatic carbocycles. The first-order valence-corrected chi connectivity index (χ1v) is 6.37. The molecular formula is C14H25N. The minimum atomic E-state index is 0.289. The summed E-state index contributed by atoms with van der Waals surface area (Å²) in [6, 6.07) is 0.939. The molecule has 3 atom stereocenters. The first kappa shape index (κ1) is 12.6. The van der Waals surface area contributed by atoms with Gasteiger partial charge >= 0.3 is 0 Å². The van der Waals surface area contributed by atoms with E-state index in [9.17, 15) is 0 Å². The van der Waals surface area contributed by atoms with E-state index < -0.39 is 0 Å². The van der Waals surface area contributed by atoms with Gasteiger partial charge in [-0.15, -0.1) is 6.42 Å². The molecule has 1 heteroatoms. The fraction of sp³-hybridized carbons (Fsp3) is 0.857. The van der Waals surface area contributed by atoms with Crippen LogP contribution in [0.5, 0.6) is 0 Å². The van der Waals surface area contributed by atoms with Gasteiger partial charge in [-0.3, -0.25) is 0 Å². The van der Waals surface area contributed by atoms with Gasteiger partial charge in [0.1, 0.15) is 0 Å². The molecule has 0 spiro atoms. The van der Waals surface area contributed by atoms with Crippen molar-refractivity contribution in [2.75, 3.05) is 0 Å². The lowest BCUT2D eigenvalue weighted by molar-refractivity contribution is 0.231. The highest BCUT2D eigenvalue weighted by Crippen LogP contribution is 2.28. The van der Waals surface area contributed by atoms with Crippen molar-refractivity contribution in [3.05, 3.63) is 0 Å². The number of rotatable bonds is 4. The summed E-state index contributed by atoms with van der Waals surface area (Å²) in [6.45, 7) is 6.90. The molecule has 1 fully saturated rings. The predicted molar refractivity (Wildman–Crippen MR) is 66.6 cm³/mol. The van der Waals surface area contributed by atoms with E-state index in [-0.39, 0.29) is 6.04 Å². The molecule has 0 heterocycles. The van der Waals surface area contributed by atoms with Crippen LogP contribution >= 0.6 is 0 Å². The van der Waals surface area contributed by atoms with E-state index in [0.29, 0.717) is 6.04 Å². The molecule has 86 valence electrons. The van der Waals surface area contributed by atoms with Gasteiger partial charge in [-0.1, -0.05) is 33.1 Å². The molecule has 15 heavy (non-hydrogen) atoms. The zero-order valence-corrected chi connectivity index (χ0v) is 10.4. The zero-order chi connectivity index (χ0) is 11.3. The normalized spacial score (nSPS) is 33.3. The number of hydrogen-bond donors (Lipinski definition) is 1. The summed E-state index contributed by atoms with van der Waals surface area (Å²) in [7, 11) is 0. The Morgan fingerprint density at radius 3 is 2.33 bits per heavy atom. The van der Waals surface area contributed by atoms with E-state index >= 15 is 0 Å². The number of nitrogens with one attached hydrogen (secondary N) is 1. The summed E-state index contributed by atoms with van der Waals surface area (Å²) >= 11 is 0. The smallest absolute Gasteiger partial charge is 0.0688 e. The largest absolute Gasteiger partial charge is 0.301 e. The van der Waals surface area contributed by atoms with Crippen LogP contribution < -0.4 is 5.32 Å². The lowest BCUT2D eigenvalue weighted by atomic mass is 9.80. The van der Waals surface area contributed by atoms with Crippen LogP contribution in [0, 0.1) is 24.2 Å². The maximum atomic E-state index is 5.53. The first-order chi connectivity index (χ1) is 7.15. The zero-order valence-electron chi connectivity index (χ0n) is 10.4. The van der Waals surface area contributed by atoms with E-state index in [1.807, 2.05) is 0 Å². The van der Waals surface area contributed by atoms with Crippen LogP contribution in [0.3, 0.4) is 0 Å².